The van der Waals surface area contributed by atoms with Crippen LogP contribution in [0.1, 0.15) is 50.4 Å². The first-order chi connectivity index (χ1) is 9.42. The number of carbonyl (C=O) groups is 1. The normalized spacial score (nSPS) is 11.2. The number of benzene rings is 1. The molecule has 0 radical (unpaired) electrons. The third-order valence-corrected chi connectivity index (χ3v) is 3.97. The Morgan fingerprint density at radius 2 is 1.85 bits per heavy atom. The van der Waals surface area contributed by atoms with Crippen LogP contribution in [0, 0.1) is 5.82 Å². The Kier molecular flexibility index (Phi) is 5.36. The summed E-state index contributed by atoms with van der Waals surface area (Å²) in [5.74, 6) is -1.03. The van der Waals surface area contributed by atoms with Crippen LogP contribution in [0.25, 0.3) is 0 Å². The lowest BCUT2D eigenvalue weighted by Gasteiger charge is -2.33. The van der Waals surface area contributed by atoms with Crippen LogP contribution in [0.4, 0.5) is 15.8 Å². The molecule has 0 saturated heterocycles. The van der Waals surface area contributed by atoms with Crippen LogP contribution < -0.4 is 11.1 Å². The fourth-order valence-electron chi connectivity index (χ4n) is 2.27. The van der Waals surface area contributed by atoms with Gasteiger partial charge in [-0.3, -0.25) is 0 Å². The van der Waals surface area contributed by atoms with E-state index in [0.29, 0.717) is 0 Å². The molecule has 0 saturated carbocycles. The average molecular weight is 282 g/mol. The fraction of sp³-hybridized carbons (Fsp3) is 0.533. The highest BCUT2D eigenvalue weighted by Crippen LogP contribution is 2.30. The van der Waals surface area contributed by atoms with Gasteiger partial charge < -0.3 is 15.8 Å². The van der Waals surface area contributed by atoms with Gasteiger partial charge in [-0.05, 0) is 31.4 Å². The minimum absolute atomic E-state index is 0.0787. The van der Waals surface area contributed by atoms with Gasteiger partial charge in [-0.25, -0.2) is 9.18 Å². The van der Waals surface area contributed by atoms with Gasteiger partial charge in [-0.1, -0.05) is 20.8 Å². The van der Waals surface area contributed by atoms with E-state index in [2.05, 4.69) is 30.8 Å². The Hall–Kier alpha value is -1.78. The first-order valence-corrected chi connectivity index (χ1v) is 6.88. The third-order valence-electron chi connectivity index (χ3n) is 3.97. The van der Waals surface area contributed by atoms with E-state index >= 15 is 0 Å². The van der Waals surface area contributed by atoms with Crippen molar-refractivity contribution in [3.8, 4) is 0 Å². The molecule has 0 fully saturated rings. The van der Waals surface area contributed by atoms with Crippen LogP contribution in [0.3, 0.4) is 0 Å². The number of nitrogen functional groups attached to an aromatic ring is 1. The summed E-state index contributed by atoms with van der Waals surface area (Å²) in [5, 5.41) is 3.22. The zero-order valence-corrected chi connectivity index (χ0v) is 12.5. The highest BCUT2D eigenvalue weighted by atomic mass is 19.1. The van der Waals surface area contributed by atoms with E-state index in [1.54, 1.807) is 0 Å². The molecular weight excluding hydrogens is 259 g/mol. The maximum absolute atomic E-state index is 14.0. The van der Waals surface area contributed by atoms with Gasteiger partial charge in [0.15, 0.2) is 0 Å². The number of hydrogen-bond donors (Lipinski definition) is 2. The first kappa shape index (κ1) is 16.3. The summed E-state index contributed by atoms with van der Waals surface area (Å²) in [6.07, 6.45) is 2.58. The Bertz CT molecular complexity index is 477. The predicted octanol–water partition coefficient (Wildman–Crippen LogP) is 3.58. The summed E-state index contributed by atoms with van der Waals surface area (Å²) in [4.78, 5) is 11.6. The maximum atomic E-state index is 14.0. The number of rotatable bonds is 6. The number of ether oxygens (including phenoxy) is 1. The van der Waals surface area contributed by atoms with Gasteiger partial charge in [-0.2, -0.15) is 0 Å². The smallest absolute Gasteiger partial charge is 0.340 e. The van der Waals surface area contributed by atoms with Crippen LogP contribution in [-0.4, -0.2) is 18.6 Å². The number of nitrogens with one attached hydrogen (secondary N) is 1. The molecule has 1 aromatic rings. The summed E-state index contributed by atoms with van der Waals surface area (Å²) >= 11 is 0. The molecule has 0 spiro atoms. The molecule has 0 aromatic heterocycles. The summed E-state index contributed by atoms with van der Waals surface area (Å²) in [6.45, 7) is 6.16. The number of hydrogen-bond acceptors (Lipinski definition) is 4. The SMILES string of the molecule is CCC(CC)(CC)Nc1cc(C(=O)OC)c(N)cc1F. The Balaban J connectivity index is 3.21. The minimum atomic E-state index is -0.569. The largest absolute Gasteiger partial charge is 0.465 e. The molecule has 3 N–H and O–H groups in total. The third kappa shape index (κ3) is 3.21. The van der Waals surface area contributed by atoms with E-state index in [0.717, 1.165) is 25.3 Å². The van der Waals surface area contributed by atoms with Crippen molar-refractivity contribution < 1.29 is 13.9 Å². The second kappa shape index (κ2) is 6.59. The van der Waals surface area contributed by atoms with Crippen LogP contribution in [0.5, 0.6) is 0 Å². The summed E-state index contributed by atoms with van der Waals surface area (Å²) in [7, 11) is 1.27. The molecule has 0 aliphatic carbocycles. The van der Waals surface area contributed by atoms with E-state index in [1.165, 1.54) is 13.2 Å². The molecule has 1 rings (SSSR count). The van der Waals surface area contributed by atoms with Gasteiger partial charge in [-0.15, -0.1) is 0 Å². The van der Waals surface area contributed by atoms with Crippen molar-refractivity contribution in [2.24, 2.45) is 0 Å². The molecule has 112 valence electrons. The molecule has 0 aliphatic heterocycles. The van der Waals surface area contributed by atoms with Crippen LogP contribution in [0.15, 0.2) is 12.1 Å². The topological polar surface area (TPSA) is 64.3 Å². The van der Waals surface area contributed by atoms with Crippen LogP contribution in [-0.2, 0) is 4.74 Å². The van der Waals surface area contributed by atoms with Crippen molar-refractivity contribution in [1.29, 1.82) is 0 Å². The van der Waals surface area contributed by atoms with E-state index in [-0.39, 0.29) is 22.5 Å². The average Bonchev–Trinajstić information content (AvgIpc) is 2.46. The maximum Gasteiger partial charge on any atom is 0.340 e. The molecule has 0 unspecified atom stereocenters. The lowest BCUT2D eigenvalue weighted by molar-refractivity contribution is 0.0602. The number of nitrogens with two attached hydrogens (primary N) is 1. The second-order valence-electron chi connectivity index (χ2n) is 4.88. The van der Waals surface area contributed by atoms with Crippen molar-refractivity contribution in [2.45, 2.75) is 45.6 Å². The first-order valence-electron chi connectivity index (χ1n) is 6.88. The van der Waals surface area contributed by atoms with Crippen molar-refractivity contribution in [3.05, 3.63) is 23.5 Å². The molecule has 0 aliphatic rings. The molecule has 1 aromatic carbocycles. The lowest BCUT2D eigenvalue weighted by Crippen LogP contribution is -2.36. The predicted molar refractivity (Wildman–Crippen MR) is 79.4 cm³/mol. The van der Waals surface area contributed by atoms with Crippen molar-refractivity contribution in [1.82, 2.24) is 0 Å². The Labute approximate surface area is 119 Å². The molecule has 5 heteroatoms. The van der Waals surface area contributed by atoms with E-state index in [9.17, 15) is 9.18 Å². The number of esters is 1. The van der Waals surface area contributed by atoms with E-state index in [4.69, 9.17) is 5.73 Å². The highest BCUT2D eigenvalue weighted by Gasteiger charge is 2.25. The van der Waals surface area contributed by atoms with Gasteiger partial charge in [0, 0.05) is 11.2 Å². The standard InChI is InChI=1S/C15H23FN2O2/c1-5-15(6-2,7-3)18-13-8-10(14(19)20-4)12(17)9-11(13)16/h8-9,18H,5-7,17H2,1-4H3. The van der Waals surface area contributed by atoms with Crippen molar-refractivity contribution >= 4 is 17.3 Å². The molecule has 20 heavy (non-hydrogen) atoms. The molecular formula is C15H23FN2O2. The number of carbonyl (C=O) groups excluding carboxylic acids is 1. The van der Waals surface area contributed by atoms with Gasteiger partial charge in [0.25, 0.3) is 0 Å². The zero-order valence-electron chi connectivity index (χ0n) is 12.5. The minimum Gasteiger partial charge on any atom is -0.465 e. The number of methoxy groups -OCH3 is 1. The Morgan fingerprint density at radius 1 is 1.30 bits per heavy atom. The lowest BCUT2D eigenvalue weighted by atomic mass is 9.89. The molecule has 0 bridgehead atoms. The molecule has 0 atom stereocenters. The Morgan fingerprint density at radius 3 is 2.30 bits per heavy atom. The van der Waals surface area contributed by atoms with Crippen molar-refractivity contribution in [2.75, 3.05) is 18.2 Å². The number of anilines is 2. The van der Waals surface area contributed by atoms with E-state index < -0.39 is 11.8 Å². The molecule has 4 nitrogen and oxygen atoms in total. The quantitative estimate of drug-likeness (QED) is 0.618. The summed E-state index contributed by atoms with van der Waals surface area (Å²) < 4.78 is 18.7. The zero-order chi connectivity index (χ0) is 15.3. The van der Waals surface area contributed by atoms with Crippen LogP contribution in [0.2, 0.25) is 0 Å². The highest BCUT2D eigenvalue weighted by molar-refractivity contribution is 5.96. The number of halogens is 1. The monoisotopic (exact) mass is 282 g/mol. The van der Waals surface area contributed by atoms with Crippen LogP contribution >= 0.6 is 0 Å². The molecule has 0 heterocycles. The second-order valence-corrected chi connectivity index (χ2v) is 4.88. The molecule has 0 amide bonds. The van der Waals surface area contributed by atoms with Gasteiger partial charge in [0.2, 0.25) is 0 Å². The summed E-state index contributed by atoms with van der Waals surface area (Å²) in [6, 6.07) is 2.58. The van der Waals surface area contributed by atoms with Gasteiger partial charge >= 0.3 is 5.97 Å². The summed E-state index contributed by atoms with van der Waals surface area (Å²) in [5.41, 5.74) is 6.01. The van der Waals surface area contributed by atoms with Crippen molar-refractivity contribution in [3.63, 3.8) is 0 Å². The van der Waals surface area contributed by atoms with Gasteiger partial charge in [0.05, 0.1) is 18.4 Å². The van der Waals surface area contributed by atoms with Gasteiger partial charge in [0.1, 0.15) is 5.82 Å². The fourth-order valence-corrected chi connectivity index (χ4v) is 2.27. The van der Waals surface area contributed by atoms with E-state index in [1.807, 2.05) is 0 Å².